The van der Waals surface area contributed by atoms with Gasteiger partial charge in [-0.05, 0) is 49.8 Å². The van der Waals surface area contributed by atoms with Crippen molar-refractivity contribution in [2.45, 2.75) is 44.7 Å². The van der Waals surface area contributed by atoms with E-state index in [0.29, 0.717) is 41.8 Å². The van der Waals surface area contributed by atoms with E-state index in [2.05, 4.69) is 15.2 Å². The van der Waals surface area contributed by atoms with Gasteiger partial charge in [0.1, 0.15) is 5.82 Å². The molecule has 3 fully saturated rings. The number of nitrogens with two attached hydrogens (primary N) is 1. The molecule has 0 spiro atoms. The second-order valence-electron chi connectivity index (χ2n) is 8.24. The van der Waals surface area contributed by atoms with E-state index in [1.54, 1.807) is 25.3 Å². The summed E-state index contributed by atoms with van der Waals surface area (Å²) in [6.45, 7) is 4.91. The Morgan fingerprint density at radius 2 is 2.07 bits per heavy atom. The van der Waals surface area contributed by atoms with Gasteiger partial charge < -0.3 is 16.0 Å². The van der Waals surface area contributed by atoms with Crippen LogP contribution in [-0.2, 0) is 4.79 Å². The van der Waals surface area contributed by atoms with Gasteiger partial charge in [0.05, 0.1) is 5.56 Å². The normalized spacial score (nSPS) is 30.5. The monoisotopic (exact) mass is 371 g/mol. The van der Waals surface area contributed by atoms with Crippen LogP contribution in [0.5, 0.6) is 0 Å². The maximum atomic E-state index is 13.0. The predicted molar refractivity (Wildman–Crippen MR) is 103 cm³/mol. The topological polar surface area (TPSA) is 91.6 Å². The van der Waals surface area contributed by atoms with Crippen molar-refractivity contribution in [3.8, 4) is 0 Å². The van der Waals surface area contributed by atoms with E-state index in [0.717, 1.165) is 26.1 Å². The van der Waals surface area contributed by atoms with Crippen molar-refractivity contribution in [1.29, 1.82) is 0 Å². The minimum absolute atomic E-state index is 0.0161. The number of pyridine rings is 1. The summed E-state index contributed by atoms with van der Waals surface area (Å²) < 4.78 is 0. The Morgan fingerprint density at radius 1 is 1.26 bits per heavy atom. The third-order valence-electron chi connectivity index (χ3n) is 6.50. The van der Waals surface area contributed by atoms with Gasteiger partial charge in [-0.3, -0.25) is 14.5 Å². The molecule has 3 saturated heterocycles. The van der Waals surface area contributed by atoms with E-state index in [1.165, 1.54) is 19.3 Å². The number of piperidine rings is 3. The Hall–Kier alpha value is -2.15. The average Bonchev–Trinajstić information content (AvgIpc) is 2.67. The standard InChI is InChI=1S/C20H29N5O2/c1-13(26)22-10-18-16-8-15(17-4-2-3-7-25(17)18)11-24(12-16)20(27)14-5-6-19(21)23-9-14/h5-6,9,15-18H,2-4,7-8,10-12H2,1H3,(H2,21,23)(H,22,26)/t15-,16+,17+,18+/m1/s1. The molecule has 1 aromatic rings. The summed E-state index contributed by atoms with van der Waals surface area (Å²) in [5.41, 5.74) is 6.25. The van der Waals surface area contributed by atoms with E-state index >= 15 is 0 Å². The number of carbonyl (C=O) groups excluding carboxylic acids is 2. The molecule has 7 nitrogen and oxygen atoms in total. The molecule has 4 heterocycles. The molecular formula is C20H29N5O2. The second kappa shape index (κ2) is 7.46. The van der Waals surface area contributed by atoms with Crippen LogP contribution in [0.3, 0.4) is 0 Å². The van der Waals surface area contributed by atoms with Gasteiger partial charge in [-0.1, -0.05) is 6.42 Å². The fraction of sp³-hybridized carbons (Fsp3) is 0.650. The third-order valence-corrected chi connectivity index (χ3v) is 6.50. The van der Waals surface area contributed by atoms with E-state index in [-0.39, 0.29) is 11.8 Å². The van der Waals surface area contributed by atoms with Gasteiger partial charge >= 0.3 is 0 Å². The summed E-state index contributed by atoms with van der Waals surface area (Å²) in [5.74, 6) is 1.40. The molecular weight excluding hydrogens is 342 g/mol. The summed E-state index contributed by atoms with van der Waals surface area (Å²) in [6, 6.07) is 4.28. The molecule has 27 heavy (non-hydrogen) atoms. The smallest absolute Gasteiger partial charge is 0.255 e. The number of hydrogen-bond acceptors (Lipinski definition) is 5. The first kappa shape index (κ1) is 18.2. The lowest BCUT2D eigenvalue weighted by molar-refractivity contribution is -0.120. The Morgan fingerprint density at radius 3 is 2.81 bits per heavy atom. The zero-order valence-electron chi connectivity index (χ0n) is 15.9. The first-order valence-electron chi connectivity index (χ1n) is 10.0. The van der Waals surface area contributed by atoms with Crippen LogP contribution >= 0.6 is 0 Å². The van der Waals surface area contributed by atoms with Gasteiger partial charge in [-0.15, -0.1) is 0 Å². The highest BCUT2D eigenvalue weighted by Gasteiger charge is 2.47. The lowest BCUT2D eigenvalue weighted by Gasteiger charge is -2.56. The van der Waals surface area contributed by atoms with Crippen molar-refractivity contribution in [1.82, 2.24) is 20.1 Å². The van der Waals surface area contributed by atoms with Crippen LogP contribution in [0, 0.1) is 11.8 Å². The van der Waals surface area contributed by atoms with Crippen molar-refractivity contribution >= 4 is 17.6 Å². The van der Waals surface area contributed by atoms with Gasteiger partial charge in [0.2, 0.25) is 5.91 Å². The summed E-state index contributed by atoms with van der Waals surface area (Å²) in [4.78, 5) is 33.2. The maximum Gasteiger partial charge on any atom is 0.255 e. The number of aromatic nitrogens is 1. The fourth-order valence-corrected chi connectivity index (χ4v) is 5.32. The number of amides is 2. The van der Waals surface area contributed by atoms with Crippen LogP contribution < -0.4 is 11.1 Å². The molecule has 2 amide bonds. The van der Waals surface area contributed by atoms with E-state index in [9.17, 15) is 9.59 Å². The van der Waals surface area contributed by atoms with E-state index in [1.807, 2.05) is 4.90 Å². The highest BCUT2D eigenvalue weighted by molar-refractivity contribution is 5.94. The van der Waals surface area contributed by atoms with Crippen molar-refractivity contribution in [3.63, 3.8) is 0 Å². The molecule has 3 N–H and O–H groups in total. The highest BCUT2D eigenvalue weighted by atomic mass is 16.2. The molecule has 3 aliphatic heterocycles. The van der Waals surface area contributed by atoms with Crippen molar-refractivity contribution in [2.75, 3.05) is 31.9 Å². The Balaban J connectivity index is 1.54. The third kappa shape index (κ3) is 3.65. The lowest BCUT2D eigenvalue weighted by atomic mass is 9.72. The molecule has 4 atom stereocenters. The molecule has 3 aliphatic rings. The molecule has 0 aromatic carbocycles. The van der Waals surface area contributed by atoms with Gasteiger partial charge in [-0.25, -0.2) is 4.98 Å². The average molecular weight is 371 g/mol. The maximum absolute atomic E-state index is 13.0. The number of anilines is 1. The zero-order chi connectivity index (χ0) is 19.0. The number of likely N-dealkylation sites (tertiary alicyclic amines) is 1. The van der Waals surface area contributed by atoms with Crippen LogP contribution in [-0.4, -0.2) is 64.9 Å². The highest BCUT2D eigenvalue weighted by Crippen LogP contribution is 2.41. The molecule has 2 bridgehead atoms. The second-order valence-corrected chi connectivity index (χ2v) is 8.24. The van der Waals surface area contributed by atoms with Crippen LogP contribution in [0.2, 0.25) is 0 Å². The number of hydrogen-bond donors (Lipinski definition) is 2. The first-order valence-corrected chi connectivity index (χ1v) is 10.0. The van der Waals surface area contributed by atoms with Crippen LogP contribution in [0.1, 0.15) is 43.0 Å². The minimum atomic E-state index is 0.0161. The van der Waals surface area contributed by atoms with E-state index < -0.39 is 0 Å². The molecule has 4 rings (SSSR count). The SMILES string of the molecule is CC(=O)NC[C@H]1[C@H]2C[C@H](CN(C(=O)c3ccc(N)nc3)C2)[C@@H]2CCCCN21. The summed E-state index contributed by atoms with van der Waals surface area (Å²) in [7, 11) is 0. The Labute approximate surface area is 160 Å². The van der Waals surface area contributed by atoms with Gasteiger partial charge in [0.25, 0.3) is 5.91 Å². The van der Waals surface area contributed by atoms with Crippen LogP contribution in [0.25, 0.3) is 0 Å². The molecule has 0 saturated carbocycles. The summed E-state index contributed by atoms with van der Waals surface area (Å²) >= 11 is 0. The quantitative estimate of drug-likeness (QED) is 0.831. The first-order chi connectivity index (χ1) is 13.0. The van der Waals surface area contributed by atoms with Crippen molar-refractivity contribution in [2.24, 2.45) is 11.8 Å². The van der Waals surface area contributed by atoms with Crippen LogP contribution in [0.15, 0.2) is 18.3 Å². The predicted octanol–water partition coefficient (Wildman–Crippen LogP) is 1.11. The molecule has 1 aromatic heterocycles. The van der Waals surface area contributed by atoms with E-state index in [4.69, 9.17) is 5.73 Å². The Bertz CT molecular complexity index is 707. The number of rotatable bonds is 3. The largest absolute Gasteiger partial charge is 0.384 e. The lowest BCUT2D eigenvalue weighted by Crippen LogP contribution is -2.66. The van der Waals surface area contributed by atoms with Gasteiger partial charge in [0.15, 0.2) is 0 Å². The summed E-state index contributed by atoms with van der Waals surface area (Å²) in [5, 5.41) is 3.03. The van der Waals surface area contributed by atoms with Crippen LogP contribution in [0.4, 0.5) is 5.82 Å². The number of nitrogen functional groups attached to an aromatic ring is 1. The number of nitrogens with zero attached hydrogens (tertiary/aromatic N) is 3. The fourth-order valence-electron chi connectivity index (χ4n) is 5.32. The van der Waals surface area contributed by atoms with Gasteiger partial charge in [0, 0.05) is 44.8 Å². The molecule has 0 aliphatic carbocycles. The molecule has 0 unspecified atom stereocenters. The molecule has 0 radical (unpaired) electrons. The number of carbonyl (C=O) groups is 2. The molecule has 7 heteroatoms. The minimum Gasteiger partial charge on any atom is -0.384 e. The van der Waals surface area contributed by atoms with Crippen molar-refractivity contribution in [3.05, 3.63) is 23.9 Å². The number of fused-ring (bicyclic) bond motifs is 4. The molecule has 146 valence electrons. The van der Waals surface area contributed by atoms with Gasteiger partial charge in [-0.2, -0.15) is 0 Å². The number of nitrogens with one attached hydrogen (secondary N) is 1. The zero-order valence-corrected chi connectivity index (χ0v) is 15.9. The Kier molecular flexibility index (Phi) is 5.04. The van der Waals surface area contributed by atoms with Crippen molar-refractivity contribution < 1.29 is 9.59 Å². The summed E-state index contributed by atoms with van der Waals surface area (Å²) in [6.07, 6.45) is 6.40.